The van der Waals surface area contributed by atoms with Crippen LogP contribution in [0.1, 0.15) is 29.3 Å². The van der Waals surface area contributed by atoms with Gasteiger partial charge in [-0.3, -0.25) is 9.59 Å². The van der Waals surface area contributed by atoms with Crippen LogP contribution in [-0.2, 0) is 4.79 Å². The van der Waals surface area contributed by atoms with Crippen LogP contribution in [0.2, 0.25) is 0 Å². The van der Waals surface area contributed by atoms with Crippen molar-refractivity contribution in [1.82, 2.24) is 0 Å². The van der Waals surface area contributed by atoms with Crippen LogP contribution in [-0.4, -0.2) is 11.8 Å². The minimum absolute atomic E-state index is 0.184. The van der Waals surface area contributed by atoms with E-state index in [0.717, 1.165) is 10.0 Å². The second-order valence-corrected chi connectivity index (χ2v) is 5.89. The van der Waals surface area contributed by atoms with Gasteiger partial charge in [0.1, 0.15) is 11.5 Å². The SMILES string of the molecule is CCC(=O)Oc1ccc2c(c1)O/C(=C\c1ccc(Br)cc1)C2=O. The molecule has 0 unspecified atom stereocenters. The molecule has 3 rings (SSSR count). The predicted octanol–water partition coefficient (Wildman–Crippen LogP) is 4.38. The smallest absolute Gasteiger partial charge is 0.310 e. The number of hydrogen-bond donors (Lipinski definition) is 0. The minimum Gasteiger partial charge on any atom is -0.452 e. The Labute approximate surface area is 141 Å². The molecule has 116 valence electrons. The van der Waals surface area contributed by atoms with Crippen LogP contribution in [0.4, 0.5) is 0 Å². The maximum absolute atomic E-state index is 12.3. The number of allylic oxidation sites excluding steroid dienone is 1. The Morgan fingerprint density at radius 3 is 2.65 bits per heavy atom. The Balaban J connectivity index is 1.86. The number of benzene rings is 2. The van der Waals surface area contributed by atoms with E-state index in [0.29, 0.717) is 17.1 Å². The van der Waals surface area contributed by atoms with Crippen molar-refractivity contribution in [3.63, 3.8) is 0 Å². The van der Waals surface area contributed by atoms with E-state index in [-0.39, 0.29) is 23.9 Å². The van der Waals surface area contributed by atoms with E-state index in [1.54, 1.807) is 31.2 Å². The highest BCUT2D eigenvalue weighted by molar-refractivity contribution is 9.10. The van der Waals surface area contributed by atoms with Gasteiger partial charge in [-0.15, -0.1) is 0 Å². The first-order valence-electron chi connectivity index (χ1n) is 7.11. The molecule has 5 heteroatoms. The summed E-state index contributed by atoms with van der Waals surface area (Å²) in [6.45, 7) is 1.72. The van der Waals surface area contributed by atoms with Gasteiger partial charge in [0.05, 0.1) is 5.56 Å². The normalized spacial score (nSPS) is 14.5. The van der Waals surface area contributed by atoms with Crippen LogP contribution in [0.15, 0.2) is 52.7 Å². The summed E-state index contributed by atoms with van der Waals surface area (Å²) in [7, 11) is 0. The van der Waals surface area contributed by atoms with Crippen molar-refractivity contribution in [3.05, 3.63) is 63.8 Å². The van der Waals surface area contributed by atoms with E-state index >= 15 is 0 Å². The van der Waals surface area contributed by atoms with Crippen LogP contribution in [0.25, 0.3) is 6.08 Å². The van der Waals surface area contributed by atoms with Gasteiger partial charge in [0, 0.05) is 17.0 Å². The highest BCUT2D eigenvalue weighted by atomic mass is 79.9. The van der Waals surface area contributed by atoms with E-state index < -0.39 is 0 Å². The Bertz CT molecular complexity index is 806. The molecule has 0 aromatic heterocycles. The second-order valence-electron chi connectivity index (χ2n) is 4.98. The molecule has 0 spiro atoms. The summed E-state index contributed by atoms with van der Waals surface area (Å²) in [5, 5.41) is 0. The van der Waals surface area contributed by atoms with Crippen molar-refractivity contribution in [1.29, 1.82) is 0 Å². The Kier molecular flexibility index (Phi) is 4.30. The number of rotatable bonds is 3. The molecule has 2 aromatic carbocycles. The molecule has 4 nitrogen and oxygen atoms in total. The molecule has 0 saturated carbocycles. The average molecular weight is 373 g/mol. The van der Waals surface area contributed by atoms with Gasteiger partial charge in [-0.25, -0.2) is 0 Å². The summed E-state index contributed by atoms with van der Waals surface area (Å²) < 4.78 is 11.7. The second kappa shape index (κ2) is 6.38. The lowest BCUT2D eigenvalue weighted by Crippen LogP contribution is -2.05. The highest BCUT2D eigenvalue weighted by Gasteiger charge is 2.27. The topological polar surface area (TPSA) is 52.6 Å². The zero-order valence-corrected chi connectivity index (χ0v) is 13.9. The minimum atomic E-state index is -0.333. The summed E-state index contributed by atoms with van der Waals surface area (Å²) in [4.78, 5) is 23.7. The summed E-state index contributed by atoms with van der Waals surface area (Å²) in [6.07, 6.45) is 1.97. The number of hydrogen-bond acceptors (Lipinski definition) is 4. The molecule has 0 bridgehead atoms. The van der Waals surface area contributed by atoms with Gasteiger partial charge in [-0.1, -0.05) is 35.0 Å². The molecule has 23 heavy (non-hydrogen) atoms. The third-order valence-corrected chi connectivity index (χ3v) is 3.86. The number of ketones is 1. The van der Waals surface area contributed by atoms with Crippen LogP contribution >= 0.6 is 15.9 Å². The van der Waals surface area contributed by atoms with Crippen molar-refractivity contribution >= 4 is 33.8 Å². The first kappa shape index (κ1) is 15.5. The fourth-order valence-corrected chi connectivity index (χ4v) is 2.41. The zero-order chi connectivity index (χ0) is 16.4. The van der Waals surface area contributed by atoms with E-state index in [1.807, 2.05) is 24.3 Å². The monoisotopic (exact) mass is 372 g/mol. The standard InChI is InChI=1S/C18H13BrO4/c1-2-17(20)22-13-7-8-14-15(10-13)23-16(18(14)21)9-11-3-5-12(19)6-4-11/h3-10H,2H2,1H3/b16-9-. The van der Waals surface area contributed by atoms with Crippen molar-refractivity contribution < 1.29 is 19.1 Å². The lowest BCUT2D eigenvalue weighted by Gasteiger charge is -2.04. The molecule has 0 radical (unpaired) electrons. The molecule has 0 N–H and O–H groups in total. The van der Waals surface area contributed by atoms with Crippen molar-refractivity contribution in [2.75, 3.05) is 0 Å². The third-order valence-electron chi connectivity index (χ3n) is 3.33. The van der Waals surface area contributed by atoms with Gasteiger partial charge in [-0.05, 0) is 35.9 Å². The molecule has 1 aliphatic rings. The molecule has 0 atom stereocenters. The van der Waals surface area contributed by atoms with Gasteiger partial charge in [0.2, 0.25) is 5.78 Å². The van der Waals surface area contributed by atoms with Gasteiger partial charge in [0.15, 0.2) is 5.76 Å². The molecule has 0 saturated heterocycles. The molecule has 1 aliphatic heterocycles. The largest absolute Gasteiger partial charge is 0.452 e. The van der Waals surface area contributed by atoms with Crippen molar-refractivity contribution in [2.24, 2.45) is 0 Å². The molecule has 0 fully saturated rings. The fraction of sp³-hybridized carbons (Fsp3) is 0.111. The van der Waals surface area contributed by atoms with E-state index in [1.165, 1.54) is 0 Å². The summed E-state index contributed by atoms with van der Waals surface area (Å²) in [5.74, 6) is 0.505. The summed E-state index contributed by atoms with van der Waals surface area (Å²) in [5.41, 5.74) is 1.33. The lowest BCUT2D eigenvalue weighted by atomic mass is 10.1. The third kappa shape index (κ3) is 3.35. The first-order valence-corrected chi connectivity index (χ1v) is 7.90. The van der Waals surface area contributed by atoms with Crippen LogP contribution < -0.4 is 9.47 Å². The average Bonchev–Trinajstić information content (AvgIpc) is 2.85. The number of carbonyl (C=O) groups is 2. The molecular formula is C18H13BrO4. The summed E-state index contributed by atoms with van der Waals surface area (Å²) in [6, 6.07) is 12.3. The molecule has 0 amide bonds. The zero-order valence-electron chi connectivity index (χ0n) is 12.3. The van der Waals surface area contributed by atoms with Gasteiger partial charge in [-0.2, -0.15) is 0 Å². The van der Waals surface area contributed by atoms with Crippen LogP contribution in [0, 0.1) is 0 Å². The lowest BCUT2D eigenvalue weighted by molar-refractivity contribution is -0.134. The fourth-order valence-electron chi connectivity index (χ4n) is 2.14. The van der Waals surface area contributed by atoms with Crippen molar-refractivity contribution in [2.45, 2.75) is 13.3 Å². The predicted molar refractivity (Wildman–Crippen MR) is 89.4 cm³/mol. The quantitative estimate of drug-likeness (QED) is 0.455. The number of fused-ring (bicyclic) bond motifs is 1. The molecule has 2 aromatic rings. The maximum Gasteiger partial charge on any atom is 0.310 e. The van der Waals surface area contributed by atoms with Crippen molar-refractivity contribution in [3.8, 4) is 11.5 Å². The van der Waals surface area contributed by atoms with Gasteiger partial charge < -0.3 is 9.47 Å². The van der Waals surface area contributed by atoms with E-state index in [4.69, 9.17) is 9.47 Å². The number of Topliss-reactive ketones (excluding diaryl/α,β-unsaturated/α-hetero) is 1. The molecular weight excluding hydrogens is 360 g/mol. The van der Waals surface area contributed by atoms with Gasteiger partial charge in [0.25, 0.3) is 0 Å². The van der Waals surface area contributed by atoms with E-state index in [2.05, 4.69) is 15.9 Å². The number of halogens is 1. The van der Waals surface area contributed by atoms with Crippen LogP contribution in [0.3, 0.4) is 0 Å². The van der Waals surface area contributed by atoms with Gasteiger partial charge >= 0.3 is 5.97 Å². The number of esters is 1. The number of ether oxygens (including phenoxy) is 2. The molecule has 1 heterocycles. The van der Waals surface area contributed by atoms with Crippen LogP contribution in [0.5, 0.6) is 11.5 Å². The summed E-state index contributed by atoms with van der Waals surface area (Å²) >= 11 is 3.37. The Morgan fingerprint density at radius 1 is 1.22 bits per heavy atom. The molecule has 0 aliphatic carbocycles. The van der Waals surface area contributed by atoms with E-state index in [9.17, 15) is 9.59 Å². The Hall–Kier alpha value is -2.40. The maximum atomic E-state index is 12.3. The first-order chi connectivity index (χ1) is 11.1. The Morgan fingerprint density at radius 2 is 1.96 bits per heavy atom. The highest BCUT2D eigenvalue weighted by Crippen LogP contribution is 2.35. The number of carbonyl (C=O) groups excluding carboxylic acids is 2.